The number of hydrogen-bond acceptors (Lipinski definition) is 5. The third-order valence-corrected chi connectivity index (χ3v) is 7.69. The van der Waals surface area contributed by atoms with Crippen LogP contribution in [0.15, 0.2) is 63.5 Å². The molecule has 1 fully saturated rings. The van der Waals surface area contributed by atoms with Crippen molar-refractivity contribution in [1.82, 2.24) is 14.9 Å². The minimum absolute atomic E-state index is 0.223. The van der Waals surface area contributed by atoms with E-state index in [0.29, 0.717) is 11.8 Å². The van der Waals surface area contributed by atoms with Crippen LogP contribution in [-0.2, 0) is 6.54 Å². The van der Waals surface area contributed by atoms with E-state index in [1.54, 1.807) is 12.6 Å². The molecule has 6 rings (SSSR count). The summed E-state index contributed by atoms with van der Waals surface area (Å²) in [5, 5.41) is 1.37. The first-order valence-electron chi connectivity index (χ1n) is 12.9. The molecule has 1 atom stereocenters. The Hall–Kier alpha value is -3.25. The predicted molar refractivity (Wildman–Crippen MR) is 142 cm³/mol. The molecule has 2 aliphatic heterocycles. The Labute approximate surface area is 206 Å². The molecular weight excluding hydrogens is 434 g/mol. The fourth-order valence-corrected chi connectivity index (χ4v) is 5.83. The highest BCUT2D eigenvalue weighted by molar-refractivity contribution is 6.08. The second kappa shape index (κ2) is 9.42. The number of hydrogen-bond donors (Lipinski definition) is 1. The van der Waals surface area contributed by atoms with Gasteiger partial charge < -0.3 is 9.40 Å². The molecule has 180 valence electrons. The Kier molecular flexibility index (Phi) is 5.98. The molecule has 3 aromatic rings. The summed E-state index contributed by atoms with van der Waals surface area (Å²) < 4.78 is 5.13. The number of benzene rings is 1. The largest absolute Gasteiger partial charge is 0.451 e. The number of piperidine rings is 1. The van der Waals surface area contributed by atoms with Gasteiger partial charge >= 0.3 is 0 Å². The van der Waals surface area contributed by atoms with Crippen LogP contribution >= 0.6 is 0 Å². The lowest BCUT2D eigenvalue weighted by molar-refractivity contribution is 0.202. The quantitative estimate of drug-likeness (QED) is 0.483. The maximum absolute atomic E-state index is 5.13. The molecule has 6 nitrogen and oxygen atoms in total. The maximum Gasteiger partial charge on any atom is 0.180 e. The minimum Gasteiger partial charge on any atom is -0.451 e. The van der Waals surface area contributed by atoms with Crippen molar-refractivity contribution in [3.63, 3.8) is 0 Å². The van der Waals surface area contributed by atoms with Gasteiger partial charge in [-0.15, -0.1) is 0 Å². The molecule has 1 saturated heterocycles. The Bertz CT molecular complexity index is 1320. The van der Waals surface area contributed by atoms with E-state index in [1.807, 2.05) is 0 Å². The normalized spacial score (nSPS) is 23.7. The maximum atomic E-state index is 5.13. The molecule has 1 aliphatic carbocycles. The molecule has 4 heterocycles. The van der Waals surface area contributed by atoms with Crippen molar-refractivity contribution in [3.8, 4) is 0 Å². The molecule has 1 N–H and O–H groups in total. The van der Waals surface area contributed by atoms with Crippen LogP contribution in [0.3, 0.4) is 0 Å². The fourth-order valence-electron chi connectivity index (χ4n) is 5.83. The Morgan fingerprint density at radius 2 is 2.03 bits per heavy atom. The number of likely N-dealkylation sites (tertiary alicyclic amines) is 1. The highest BCUT2D eigenvalue weighted by atomic mass is 16.3. The number of allylic oxidation sites excluding steroid dienone is 3. The second-order valence-electron chi connectivity index (χ2n) is 10.3. The molecule has 35 heavy (non-hydrogen) atoms. The first-order valence-corrected chi connectivity index (χ1v) is 12.9. The van der Waals surface area contributed by atoms with Crippen LogP contribution in [0.4, 0.5) is 0 Å². The molecule has 2 aromatic heterocycles. The van der Waals surface area contributed by atoms with Crippen molar-refractivity contribution >= 4 is 28.5 Å². The molecule has 3 aliphatic rings. The average molecular weight is 468 g/mol. The van der Waals surface area contributed by atoms with Gasteiger partial charge in [0.05, 0.1) is 17.4 Å². The zero-order valence-electron chi connectivity index (χ0n) is 20.6. The van der Waals surface area contributed by atoms with Crippen molar-refractivity contribution in [1.29, 1.82) is 0 Å². The van der Waals surface area contributed by atoms with Crippen molar-refractivity contribution in [2.45, 2.75) is 64.0 Å². The van der Waals surface area contributed by atoms with E-state index in [0.717, 1.165) is 43.9 Å². The van der Waals surface area contributed by atoms with Crippen LogP contribution in [0.5, 0.6) is 0 Å². The molecule has 0 spiro atoms. The lowest BCUT2D eigenvalue weighted by Gasteiger charge is -2.31. The van der Waals surface area contributed by atoms with E-state index in [-0.39, 0.29) is 6.04 Å². The third kappa shape index (κ3) is 4.43. The van der Waals surface area contributed by atoms with Gasteiger partial charge in [-0.3, -0.25) is 9.89 Å². The summed E-state index contributed by atoms with van der Waals surface area (Å²) in [7, 11) is 0. The molecule has 1 unspecified atom stereocenters. The van der Waals surface area contributed by atoms with E-state index >= 15 is 0 Å². The third-order valence-electron chi connectivity index (χ3n) is 7.69. The highest BCUT2D eigenvalue weighted by Gasteiger charge is 2.24. The summed E-state index contributed by atoms with van der Waals surface area (Å²) in [5.41, 5.74) is 8.73. The van der Waals surface area contributed by atoms with Gasteiger partial charge in [-0.25, -0.2) is 9.98 Å². The van der Waals surface area contributed by atoms with Gasteiger partial charge in [-0.05, 0) is 85.5 Å². The highest BCUT2D eigenvalue weighted by Crippen LogP contribution is 2.37. The van der Waals surface area contributed by atoms with Gasteiger partial charge in [-0.2, -0.15) is 0 Å². The monoisotopic (exact) mass is 467 g/mol. The van der Waals surface area contributed by atoms with Crippen LogP contribution in [0.1, 0.15) is 73.9 Å². The van der Waals surface area contributed by atoms with Crippen LogP contribution in [0, 0.1) is 0 Å². The topological polar surface area (TPSA) is 69.8 Å². The first kappa shape index (κ1) is 22.2. The number of nitrogens with zero attached hydrogens (tertiary/aromatic N) is 4. The van der Waals surface area contributed by atoms with Crippen molar-refractivity contribution in [2.75, 3.05) is 13.1 Å². The smallest absolute Gasteiger partial charge is 0.180 e. The minimum atomic E-state index is 0.223. The molecular formula is C29H33N5O. The molecule has 1 aromatic carbocycles. The zero-order chi connectivity index (χ0) is 23.8. The number of H-pyrrole nitrogens is 1. The number of fused-ring (bicyclic) bond motifs is 2. The van der Waals surface area contributed by atoms with E-state index < -0.39 is 0 Å². The first-order chi connectivity index (χ1) is 17.2. The van der Waals surface area contributed by atoms with Gasteiger partial charge in [-0.1, -0.05) is 32.1 Å². The summed E-state index contributed by atoms with van der Waals surface area (Å²) >= 11 is 0. The second-order valence-corrected chi connectivity index (χ2v) is 10.3. The summed E-state index contributed by atoms with van der Waals surface area (Å²) in [6.45, 7) is 7.68. The Morgan fingerprint density at radius 3 is 2.83 bits per heavy atom. The van der Waals surface area contributed by atoms with Gasteiger partial charge in [0.25, 0.3) is 0 Å². The van der Waals surface area contributed by atoms with Crippen LogP contribution < -0.4 is 0 Å². The lowest BCUT2D eigenvalue weighted by atomic mass is 9.87. The van der Waals surface area contributed by atoms with Crippen molar-refractivity contribution in [2.24, 2.45) is 9.98 Å². The van der Waals surface area contributed by atoms with Crippen LogP contribution in [0.25, 0.3) is 16.5 Å². The SMILES string of the molecule is CC(C)c1c(C2=C/CCC3N=CN=C3/C=C\2)[nH]c2ccc(C3CCN(Cc4cocn4)CC3)cc12. The average Bonchev–Trinajstić information content (AvgIpc) is 3.59. The predicted octanol–water partition coefficient (Wildman–Crippen LogP) is 6.24. The number of nitrogens with one attached hydrogen (secondary N) is 1. The number of aromatic amines is 1. The molecule has 6 heteroatoms. The Balaban J connectivity index is 1.26. The van der Waals surface area contributed by atoms with Gasteiger partial charge in [0.15, 0.2) is 6.39 Å². The van der Waals surface area contributed by atoms with E-state index in [9.17, 15) is 0 Å². The van der Waals surface area contributed by atoms with Crippen molar-refractivity contribution < 1.29 is 4.42 Å². The fraction of sp³-hybridized carbons (Fsp3) is 0.414. The van der Waals surface area contributed by atoms with E-state index in [2.05, 4.69) is 75.1 Å². The zero-order valence-corrected chi connectivity index (χ0v) is 20.6. The van der Waals surface area contributed by atoms with Crippen LogP contribution in [-0.4, -0.2) is 46.0 Å². The van der Waals surface area contributed by atoms with Crippen LogP contribution in [0.2, 0.25) is 0 Å². The van der Waals surface area contributed by atoms with Gasteiger partial charge in [0.2, 0.25) is 0 Å². The summed E-state index contributed by atoms with van der Waals surface area (Å²) in [6, 6.07) is 7.31. The van der Waals surface area contributed by atoms with E-state index in [4.69, 9.17) is 4.42 Å². The van der Waals surface area contributed by atoms with Gasteiger partial charge in [0.1, 0.15) is 12.6 Å². The number of rotatable bonds is 5. The number of aliphatic imine (C=N–C) groups is 2. The number of oxazole rings is 1. The summed E-state index contributed by atoms with van der Waals surface area (Å²) in [5.74, 6) is 1.03. The van der Waals surface area contributed by atoms with Crippen molar-refractivity contribution in [3.05, 3.63) is 71.6 Å². The molecule has 0 amide bonds. The molecule has 0 radical (unpaired) electrons. The summed E-state index contributed by atoms with van der Waals surface area (Å²) in [6.07, 6.45) is 16.1. The number of aromatic nitrogens is 2. The standard InChI is InChI=1S/C29H33N5O/c1-19(2)28-24-14-22(20-10-12-34(13-11-20)15-23-16-35-18-32-23)7-8-25(24)33-29(28)21-4-3-5-26-27(9-6-21)31-17-30-26/h4,6-9,14,16-20,26,33H,3,5,10-13,15H2,1-2H3/b9-6-,21-4+. The van der Waals surface area contributed by atoms with Gasteiger partial charge in [0, 0.05) is 23.1 Å². The molecule has 0 bridgehead atoms. The lowest BCUT2D eigenvalue weighted by Crippen LogP contribution is -2.32. The molecule has 0 saturated carbocycles. The van der Waals surface area contributed by atoms with E-state index in [1.165, 1.54) is 52.5 Å². The summed E-state index contributed by atoms with van der Waals surface area (Å²) in [4.78, 5) is 19.5. The Morgan fingerprint density at radius 1 is 1.14 bits per heavy atom.